The van der Waals surface area contributed by atoms with E-state index in [4.69, 9.17) is 0 Å². The van der Waals surface area contributed by atoms with Crippen LogP contribution in [-0.4, -0.2) is 16.0 Å². The molecular formula is C24H29FN2. The highest BCUT2D eigenvalue weighted by atomic mass is 19.1. The molecule has 142 valence electrons. The Bertz CT molecular complexity index is 821. The van der Waals surface area contributed by atoms with E-state index in [0.717, 1.165) is 25.2 Å². The normalized spacial score (nSPS) is 12.7. The lowest BCUT2D eigenvalue weighted by Crippen LogP contribution is -2.31. The number of hydrogen-bond donors (Lipinski definition) is 0. The molecule has 0 spiro atoms. The summed E-state index contributed by atoms with van der Waals surface area (Å²) in [7, 11) is 0. The van der Waals surface area contributed by atoms with Gasteiger partial charge in [-0.25, -0.2) is 4.39 Å². The second-order valence-corrected chi connectivity index (χ2v) is 7.66. The Labute approximate surface area is 162 Å². The number of halogens is 1. The molecule has 3 aromatic rings. The highest BCUT2D eigenvalue weighted by molar-refractivity contribution is 5.20. The van der Waals surface area contributed by atoms with Crippen LogP contribution in [0.5, 0.6) is 0 Å². The van der Waals surface area contributed by atoms with Crippen LogP contribution in [0.1, 0.15) is 43.6 Å². The van der Waals surface area contributed by atoms with E-state index in [2.05, 4.69) is 78.9 Å². The van der Waals surface area contributed by atoms with Gasteiger partial charge in [0.25, 0.3) is 0 Å². The smallest absolute Gasteiger partial charge is 0.123 e. The Hall–Kier alpha value is -2.39. The van der Waals surface area contributed by atoms with Crippen LogP contribution in [0.25, 0.3) is 0 Å². The van der Waals surface area contributed by atoms with Crippen LogP contribution in [0, 0.1) is 11.7 Å². The zero-order valence-corrected chi connectivity index (χ0v) is 16.5. The third kappa shape index (κ3) is 5.30. The zero-order chi connectivity index (χ0) is 19.2. The van der Waals surface area contributed by atoms with E-state index in [0.29, 0.717) is 12.0 Å². The van der Waals surface area contributed by atoms with Crippen molar-refractivity contribution in [3.05, 3.63) is 95.6 Å². The summed E-state index contributed by atoms with van der Waals surface area (Å²) in [5, 5.41) is 0. The summed E-state index contributed by atoms with van der Waals surface area (Å²) < 4.78 is 15.4. The summed E-state index contributed by atoms with van der Waals surface area (Å²) in [6.07, 6.45) is 2.11. The lowest BCUT2D eigenvalue weighted by Gasteiger charge is -2.31. The molecule has 2 aromatic carbocycles. The summed E-state index contributed by atoms with van der Waals surface area (Å²) in [6.45, 7) is 9.51. The number of rotatable bonds is 8. The molecule has 0 radical (unpaired) electrons. The monoisotopic (exact) mass is 364 g/mol. The summed E-state index contributed by atoms with van der Waals surface area (Å²) >= 11 is 0. The van der Waals surface area contributed by atoms with E-state index in [1.165, 1.54) is 23.4 Å². The van der Waals surface area contributed by atoms with Crippen molar-refractivity contribution in [3.63, 3.8) is 0 Å². The van der Waals surface area contributed by atoms with Gasteiger partial charge in [-0.1, -0.05) is 56.3 Å². The number of hydrogen-bond acceptors (Lipinski definition) is 1. The molecule has 1 heterocycles. The van der Waals surface area contributed by atoms with Crippen LogP contribution in [0.3, 0.4) is 0 Å². The molecule has 0 aliphatic heterocycles. The van der Waals surface area contributed by atoms with Gasteiger partial charge in [-0.3, -0.25) is 4.90 Å². The molecule has 0 N–H and O–H groups in total. The van der Waals surface area contributed by atoms with Gasteiger partial charge in [0.15, 0.2) is 0 Å². The van der Waals surface area contributed by atoms with Crippen LogP contribution >= 0.6 is 0 Å². The lowest BCUT2D eigenvalue weighted by molar-refractivity contribution is 0.174. The first-order chi connectivity index (χ1) is 13.0. The van der Waals surface area contributed by atoms with Gasteiger partial charge in [-0.2, -0.15) is 0 Å². The molecule has 1 unspecified atom stereocenters. The van der Waals surface area contributed by atoms with Crippen LogP contribution in [0.15, 0.2) is 72.9 Å². The summed E-state index contributed by atoms with van der Waals surface area (Å²) in [5.74, 6) is 0.406. The minimum Gasteiger partial charge on any atom is -0.346 e. The largest absolute Gasteiger partial charge is 0.346 e. The van der Waals surface area contributed by atoms with Crippen LogP contribution in [0.2, 0.25) is 0 Å². The maximum Gasteiger partial charge on any atom is 0.123 e. The Balaban J connectivity index is 1.78. The predicted octanol–water partition coefficient (Wildman–Crippen LogP) is 5.89. The molecule has 1 atom stereocenters. The number of benzene rings is 2. The Morgan fingerprint density at radius 1 is 0.889 bits per heavy atom. The van der Waals surface area contributed by atoms with Gasteiger partial charge in [0.05, 0.1) is 0 Å². The molecule has 2 nitrogen and oxygen atoms in total. The van der Waals surface area contributed by atoms with Gasteiger partial charge in [0, 0.05) is 37.6 Å². The summed E-state index contributed by atoms with van der Waals surface area (Å²) in [4.78, 5) is 2.54. The van der Waals surface area contributed by atoms with Crippen LogP contribution in [-0.2, 0) is 13.1 Å². The maximum atomic E-state index is 13.2. The van der Waals surface area contributed by atoms with Gasteiger partial charge in [-0.05, 0) is 48.2 Å². The maximum absolute atomic E-state index is 13.2. The molecule has 0 bridgehead atoms. The highest BCUT2D eigenvalue weighted by Crippen LogP contribution is 2.24. The standard InChI is InChI=1S/C24H29FN2/c1-19(2)16-27(20(3)22-8-5-4-6-9-22)18-24-10-7-15-26(24)17-21-11-13-23(25)14-12-21/h4-15,19-20H,16-18H2,1-3H3. The first-order valence-electron chi connectivity index (χ1n) is 9.70. The second-order valence-electron chi connectivity index (χ2n) is 7.66. The van der Waals surface area contributed by atoms with Gasteiger partial charge < -0.3 is 4.57 Å². The fourth-order valence-electron chi connectivity index (χ4n) is 3.51. The topological polar surface area (TPSA) is 8.17 Å². The third-order valence-electron chi connectivity index (χ3n) is 4.98. The molecule has 0 fully saturated rings. The van der Waals surface area contributed by atoms with E-state index in [9.17, 15) is 4.39 Å². The molecule has 3 rings (SSSR count). The minimum absolute atomic E-state index is 0.189. The molecule has 3 heteroatoms. The Morgan fingerprint density at radius 2 is 1.59 bits per heavy atom. The first kappa shape index (κ1) is 19.4. The molecule has 0 saturated carbocycles. The van der Waals surface area contributed by atoms with Crippen molar-refractivity contribution in [1.82, 2.24) is 9.47 Å². The highest BCUT2D eigenvalue weighted by Gasteiger charge is 2.18. The van der Waals surface area contributed by atoms with Crippen molar-refractivity contribution in [1.29, 1.82) is 0 Å². The van der Waals surface area contributed by atoms with Gasteiger partial charge >= 0.3 is 0 Å². The van der Waals surface area contributed by atoms with Crippen molar-refractivity contribution in [2.24, 2.45) is 5.92 Å². The molecule has 0 aliphatic rings. The second kappa shape index (κ2) is 9.01. The van der Waals surface area contributed by atoms with Crippen molar-refractivity contribution >= 4 is 0 Å². The van der Waals surface area contributed by atoms with E-state index >= 15 is 0 Å². The van der Waals surface area contributed by atoms with Gasteiger partial charge in [-0.15, -0.1) is 0 Å². The van der Waals surface area contributed by atoms with Crippen molar-refractivity contribution < 1.29 is 4.39 Å². The van der Waals surface area contributed by atoms with Crippen LogP contribution < -0.4 is 0 Å². The van der Waals surface area contributed by atoms with E-state index < -0.39 is 0 Å². The van der Waals surface area contributed by atoms with Gasteiger partial charge in [0.1, 0.15) is 5.82 Å². The molecule has 0 aliphatic carbocycles. The quantitative estimate of drug-likeness (QED) is 0.483. The Morgan fingerprint density at radius 3 is 2.26 bits per heavy atom. The molecular weight excluding hydrogens is 335 g/mol. The van der Waals surface area contributed by atoms with E-state index in [1.807, 2.05) is 12.1 Å². The van der Waals surface area contributed by atoms with E-state index in [-0.39, 0.29) is 5.82 Å². The fraction of sp³-hybridized carbons (Fsp3) is 0.333. The molecule has 1 aromatic heterocycles. The predicted molar refractivity (Wildman–Crippen MR) is 110 cm³/mol. The minimum atomic E-state index is -0.189. The molecule has 0 saturated heterocycles. The average Bonchev–Trinajstić information content (AvgIpc) is 3.09. The van der Waals surface area contributed by atoms with Crippen LogP contribution in [0.4, 0.5) is 4.39 Å². The SMILES string of the molecule is CC(C)CN(Cc1cccn1Cc1ccc(F)cc1)C(C)c1ccccc1. The molecule has 27 heavy (non-hydrogen) atoms. The van der Waals surface area contributed by atoms with Crippen molar-refractivity contribution in [3.8, 4) is 0 Å². The average molecular weight is 365 g/mol. The fourth-order valence-corrected chi connectivity index (χ4v) is 3.51. The van der Waals surface area contributed by atoms with Crippen molar-refractivity contribution in [2.75, 3.05) is 6.54 Å². The zero-order valence-electron chi connectivity index (χ0n) is 16.5. The van der Waals surface area contributed by atoms with Crippen molar-refractivity contribution in [2.45, 2.75) is 39.9 Å². The Kier molecular flexibility index (Phi) is 6.46. The lowest BCUT2D eigenvalue weighted by atomic mass is 10.0. The van der Waals surface area contributed by atoms with E-state index in [1.54, 1.807) is 0 Å². The summed E-state index contributed by atoms with van der Waals surface area (Å²) in [6, 6.07) is 22.1. The first-order valence-corrected chi connectivity index (χ1v) is 9.70. The number of nitrogens with zero attached hydrogens (tertiary/aromatic N) is 2. The van der Waals surface area contributed by atoms with Gasteiger partial charge in [0.2, 0.25) is 0 Å². The summed E-state index contributed by atoms with van der Waals surface area (Å²) in [5.41, 5.74) is 3.73. The molecule has 0 amide bonds. The third-order valence-corrected chi connectivity index (χ3v) is 4.98. The number of aromatic nitrogens is 1.